The van der Waals surface area contributed by atoms with Crippen molar-refractivity contribution in [2.24, 2.45) is 10.9 Å². The number of benzene rings is 1. The number of nitrogens with one attached hydrogen (secondary N) is 3. The van der Waals surface area contributed by atoms with Gasteiger partial charge < -0.3 is 20.9 Å². The highest BCUT2D eigenvalue weighted by Crippen LogP contribution is 2.31. The Kier molecular flexibility index (Phi) is 7.10. The molecule has 0 bridgehead atoms. The number of guanidine groups is 1. The summed E-state index contributed by atoms with van der Waals surface area (Å²) in [6, 6.07) is 8.06. The van der Waals surface area contributed by atoms with Crippen molar-refractivity contribution < 1.29 is 4.79 Å². The molecule has 27 heavy (non-hydrogen) atoms. The Morgan fingerprint density at radius 3 is 2.85 bits per heavy atom. The quantitative estimate of drug-likeness (QED) is 0.509. The van der Waals surface area contributed by atoms with Crippen LogP contribution in [0.1, 0.15) is 44.6 Å². The van der Waals surface area contributed by atoms with Crippen molar-refractivity contribution in [3.63, 3.8) is 0 Å². The summed E-state index contributed by atoms with van der Waals surface area (Å²) in [4.78, 5) is 19.3. The van der Waals surface area contributed by atoms with Gasteiger partial charge in [0.1, 0.15) is 0 Å². The van der Waals surface area contributed by atoms with Crippen molar-refractivity contribution in [2.45, 2.75) is 39.0 Å². The standard InChI is InChI=1S/C21H33N5O/c1-3-22-21(23-13-16(2)15-26-10-6-7-11-26)24-14-17-12-20(27)25-19-9-5-4-8-18(17)19/h4-5,8-9,16-17H,3,6-7,10-15H2,1-2H3,(H,25,27)(H2,22,23,24). The van der Waals surface area contributed by atoms with E-state index in [0.29, 0.717) is 18.9 Å². The van der Waals surface area contributed by atoms with Gasteiger partial charge in [0.15, 0.2) is 5.96 Å². The maximum Gasteiger partial charge on any atom is 0.225 e. The van der Waals surface area contributed by atoms with Crippen LogP contribution in [0, 0.1) is 5.92 Å². The number of carbonyl (C=O) groups is 1. The van der Waals surface area contributed by atoms with Crippen LogP contribution in [0.3, 0.4) is 0 Å². The molecule has 148 valence electrons. The lowest BCUT2D eigenvalue weighted by atomic mass is 9.90. The number of rotatable bonds is 7. The number of anilines is 1. The van der Waals surface area contributed by atoms with E-state index in [2.05, 4.69) is 40.8 Å². The molecular formula is C21H33N5O. The summed E-state index contributed by atoms with van der Waals surface area (Å²) in [7, 11) is 0. The maximum atomic E-state index is 12.0. The Labute approximate surface area is 162 Å². The summed E-state index contributed by atoms with van der Waals surface area (Å²) in [5, 5.41) is 9.74. The van der Waals surface area contributed by atoms with E-state index in [1.165, 1.54) is 31.5 Å². The molecule has 0 saturated carbocycles. The molecule has 1 aromatic carbocycles. The monoisotopic (exact) mass is 371 g/mol. The number of nitrogens with zero attached hydrogens (tertiary/aromatic N) is 2. The van der Waals surface area contributed by atoms with Crippen LogP contribution < -0.4 is 16.0 Å². The summed E-state index contributed by atoms with van der Waals surface area (Å²) >= 11 is 0. The largest absolute Gasteiger partial charge is 0.357 e. The summed E-state index contributed by atoms with van der Waals surface area (Å²) in [6.45, 7) is 10.3. The normalized spacial score (nSPS) is 21.5. The second-order valence-corrected chi connectivity index (χ2v) is 7.75. The van der Waals surface area contributed by atoms with Gasteiger partial charge in [-0.2, -0.15) is 0 Å². The molecule has 2 unspecified atom stereocenters. The second-order valence-electron chi connectivity index (χ2n) is 7.75. The number of hydrogen-bond donors (Lipinski definition) is 3. The van der Waals surface area contributed by atoms with E-state index in [1.807, 2.05) is 18.2 Å². The van der Waals surface area contributed by atoms with Crippen LogP contribution in [0.5, 0.6) is 0 Å². The van der Waals surface area contributed by atoms with Gasteiger partial charge in [0.2, 0.25) is 5.91 Å². The molecule has 3 N–H and O–H groups in total. The van der Waals surface area contributed by atoms with Crippen molar-refractivity contribution in [3.05, 3.63) is 29.8 Å². The van der Waals surface area contributed by atoms with E-state index < -0.39 is 0 Å². The molecule has 1 fully saturated rings. The van der Waals surface area contributed by atoms with Crippen molar-refractivity contribution in [2.75, 3.05) is 44.6 Å². The van der Waals surface area contributed by atoms with E-state index >= 15 is 0 Å². The van der Waals surface area contributed by atoms with Gasteiger partial charge in [0, 0.05) is 44.2 Å². The molecule has 1 aromatic rings. The molecule has 0 aromatic heterocycles. The summed E-state index contributed by atoms with van der Waals surface area (Å²) < 4.78 is 0. The third-order valence-electron chi connectivity index (χ3n) is 5.30. The fourth-order valence-corrected chi connectivity index (χ4v) is 3.96. The summed E-state index contributed by atoms with van der Waals surface area (Å²) in [6.07, 6.45) is 3.17. The number of amides is 1. The van der Waals surface area contributed by atoms with Crippen molar-refractivity contribution in [1.82, 2.24) is 15.5 Å². The van der Waals surface area contributed by atoms with Crippen molar-refractivity contribution >= 4 is 17.6 Å². The van der Waals surface area contributed by atoms with E-state index in [1.54, 1.807) is 0 Å². The van der Waals surface area contributed by atoms with E-state index in [0.717, 1.165) is 31.3 Å². The molecule has 2 aliphatic heterocycles. The van der Waals surface area contributed by atoms with E-state index in [9.17, 15) is 4.79 Å². The first-order valence-electron chi connectivity index (χ1n) is 10.3. The van der Waals surface area contributed by atoms with E-state index in [-0.39, 0.29) is 11.8 Å². The van der Waals surface area contributed by atoms with Gasteiger partial charge in [-0.25, -0.2) is 0 Å². The van der Waals surface area contributed by atoms with Crippen LogP contribution in [0.25, 0.3) is 0 Å². The molecule has 0 radical (unpaired) electrons. The fourth-order valence-electron chi connectivity index (χ4n) is 3.96. The van der Waals surface area contributed by atoms with Crippen LogP contribution in [0.15, 0.2) is 29.3 Å². The summed E-state index contributed by atoms with van der Waals surface area (Å²) in [5.41, 5.74) is 2.13. The average Bonchev–Trinajstić information content (AvgIpc) is 3.16. The van der Waals surface area contributed by atoms with E-state index in [4.69, 9.17) is 4.99 Å². The average molecular weight is 372 g/mol. The minimum absolute atomic E-state index is 0.0849. The first-order chi connectivity index (χ1) is 13.2. The number of likely N-dealkylation sites (tertiary alicyclic amines) is 1. The molecule has 2 heterocycles. The molecular weight excluding hydrogens is 338 g/mol. The Morgan fingerprint density at radius 2 is 2.07 bits per heavy atom. The lowest BCUT2D eigenvalue weighted by Gasteiger charge is -2.26. The van der Waals surface area contributed by atoms with Gasteiger partial charge in [-0.15, -0.1) is 0 Å². The SMILES string of the molecule is CCNC(=NCC(C)CN1CCCC1)NCC1CC(=O)Nc2ccccc21. The molecule has 2 aliphatic rings. The Morgan fingerprint density at radius 1 is 1.30 bits per heavy atom. The molecule has 1 amide bonds. The van der Waals surface area contributed by atoms with Crippen LogP contribution >= 0.6 is 0 Å². The zero-order valence-electron chi connectivity index (χ0n) is 16.6. The number of carbonyl (C=O) groups excluding carboxylic acids is 1. The van der Waals surface area contributed by atoms with Gasteiger partial charge in [-0.3, -0.25) is 9.79 Å². The van der Waals surface area contributed by atoms with Crippen LogP contribution in [0.2, 0.25) is 0 Å². The third-order valence-corrected chi connectivity index (χ3v) is 5.30. The highest BCUT2D eigenvalue weighted by atomic mass is 16.1. The van der Waals surface area contributed by atoms with Crippen molar-refractivity contribution in [3.8, 4) is 0 Å². The first kappa shape index (κ1) is 19.7. The molecule has 0 spiro atoms. The van der Waals surface area contributed by atoms with Gasteiger partial charge in [0.05, 0.1) is 0 Å². The summed E-state index contributed by atoms with van der Waals surface area (Å²) in [5.74, 6) is 1.64. The van der Waals surface area contributed by atoms with Gasteiger partial charge in [-0.05, 0) is 50.4 Å². The molecule has 6 nitrogen and oxygen atoms in total. The molecule has 6 heteroatoms. The number of aliphatic imine (C=N–C) groups is 1. The van der Waals surface area contributed by atoms with Crippen LogP contribution in [0.4, 0.5) is 5.69 Å². The second kappa shape index (κ2) is 9.74. The minimum atomic E-state index is 0.0849. The topological polar surface area (TPSA) is 68.8 Å². The highest BCUT2D eigenvalue weighted by molar-refractivity contribution is 5.94. The maximum absolute atomic E-state index is 12.0. The van der Waals surface area contributed by atoms with Gasteiger partial charge >= 0.3 is 0 Å². The lowest BCUT2D eigenvalue weighted by Crippen LogP contribution is -2.41. The third kappa shape index (κ3) is 5.70. The fraction of sp³-hybridized carbons (Fsp3) is 0.619. The molecule has 1 saturated heterocycles. The Hall–Kier alpha value is -2.08. The number of para-hydroxylation sites is 1. The minimum Gasteiger partial charge on any atom is -0.357 e. The zero-order chi connectivity index (χ0) is 19.1. The highest BCUT2D eigenvalue weighted by Gasteiger charge is 2.24. The number of fused-ring (bicyclic) bond motifs is 1. The molecule has 0 aliphatic carbocycles. The predicted molar refractivity (Wildman–Crippen MR) is 111 cm³/mol. The number of hydrogen-bond acceptors (Lipinski definition) is 3. The van der Waals surface area contributed by atoms with Crippen molar-refractivity contribution in [1.29, 1.82) is 0 Å². The van der Waals surface area contributed by atoms with Gasteiger partial charge in [0.25, 0.3) is 0 Å². The Balaban J connectivity index is 1.55. The van der Waals surface area contributed by atoms with Crippen LogP contribution in [-0.4, -0.2) is 56.0 Å². The Bertz CT molecular complexity index is 654. The zero-order valence-corrected chi connectivity index (χ0v) is 16.6. The van der Waals surface area contributed by atoms with Crippen LogP contribution in [-0.2, 0) is 4.79 Å². The first-order valence-corrected chi connectivity index (χ1v) is 10.3. The molecule has 2 atom stereocenters. The smallest absolute Gasteiger partial charge is 0.225 e. The van der Waals surface area contributed by atoms with Gasteiger partial charge in [-0.1, -0.05) is 25.1 Å². The predicted octanol–water partition coefficient (Wildman–Crippen LogP) is 2.40. The lowest BCUT2D eigenvalue weighted by molar-refractivity contribution is -0.116. The molecule has 3 rings (SSSR count).